The lowest BCUT2D eigenvalue weighted by atomic mass is 10.2. The van der Waals surface area contributed by atoms with Gasteiger partial charge in [0.15, 0.2) is 0 Å². The molecule has 3 aromatic rings. The molecule has 0 saturated carbocycles. The van der Waals surface area contributed by atoms with Crippen molar-refractivity contribution >= 4 is 39.9 Å². The summed E-state index contributed by atoms with van der Waals surface area (Å²) < 4.78 is 7.01. The van der Waals surface area contributed by atoms with E-state index in [9.17, 15) is 9.59 Å². The molecule has 0 bridgehead atoms. The molecular formula is C18H19ClN4O3. The number of nitrogens with one attached hydrogen (secondary N) is 3. The van der Waals surface area contributed by atoms with Crippen molar-refractivity contribution in [2.45, 2.75) is 19.9 Å². The number of amides is 2. The predicted molar refractivity (Wildman–Crippen MR) is 103 cm³/mol. The van der Waals surface area contributed by atoms with Crippen LogP contribution in [0.3, 0.4) is 0 Å². The molecule has 0 fully saturated rings. The van der Waals surface area contributed by atoms with Crippen LogP contribution in [-0.2, 0) is 6.54 Å². The number of fused-ring (bicyclic) bond motifs is 1. The van der Waals surface area contributed by atoms with Gasteiger partial charge in [-0.05, 0) is 42.8 Å². The molecule has 1 heterocycles. The Kier molecular flexibility index (Phi) is 5.18. The average molecular weight is 375 g/mol. The van der Waals surface area contributed by atoms with E-state index < -0.39 is 6.03 Å². The van der Waals surface area contributed by atoms with Gasteiger partial charge in [-0.1, -0.05) is 18.5 Å². The molecule has 3 N–H and O–H groups in total. The Morgan fingerprint density at radius 2 is 2.04 bits per heavy atom. The topological polar surface area (TPSA) is 88.2 Å². The number of anilines is 2. The highest BCUT2D eigenvalue weighted by molar-refractivity contribution is 6.31. The zero-order chi connectivity index (χ0) is 18.7. The van der Waals surface area contributed by atoms with Crippen molar-refractivity contribution in [3.63, 3.8) is 0 Å². The zero-order valence-electron chi connectivity index (χ0n) is 14.4. The number of hydrogen-bond acceptors (Lipinski definition) is 3. The Hall–Kier alpha value is -2.93. The molecule has 1 aromatic heterocycles. The predicted octanol–water partition coefficient (Wildman–Crippen LogP) is 4.05. The monoisotopic (exact) mass is 374 g/mol. The molecule has 26 heavy (non-hydrogen) atoms. The molecule has 0 spiro atoms. The lowest BCUT2D eigenvalue weighted by Crippen LogP contribution is -2.19. The van der Waals surface area contributed by atoms with Gasteiger partial charge in [0, 0.05) is 17.3 Å². The number of methoxy groups -OCH3 is 1. The number of nitrogens with zero attached hydrogens (tertiary/aromatic N) is 1. The number of aromatic amines is 1. The number of carbonyl (C=O) groups is 1. The van der Waals surface area contributed by atoms with Gasteiger partial charge in [-0.15, -0.1) is 0 Å². The number of urea groups is 1. The highest BCUT2D eigenvalue weighted by atomic mass is 35.5. The fourth-order valence-electron chi connectivity index (χ4n) is 2.74. The Morgan fingerprint density at radius 3 is 2.77 bits per heavy atom. The van der Waals surface area contributed by atoms with Crippen LogP contribution < -0.4 is 20.9 Å². The van der Waals surface area contributed by atoms with E-state index in [1.165, 1.54) is 7.11 Å². The number of aromatic nitrogens is 2. The van der Waals surface area contributed by atoms with E-state index in [1.54, 1.807) is 41.1 Å². The van der Waals surface area contributed by atoms with Gasteiger partial charge in [-0.2, -0.15) is 0 Å². The third kappa shape index (κ3) is 3.67. The van der Waals surface area contributed by atoms with Crippen molar-refractivity contribution < 1.29 is 9.53 Å². The van der Waals surface area contributed by atoms with Crippen LogP contribution in [0.2, 0.25) is 5.02 Å². The van der Waals surface area contributed by atoms with Gasteiger partial charge in [0.2, 0.25) is 0 Å². The molecule has 3 rings (SSSR count). The SMILES string of the molecule is CCCn1[nH]c(=O)c2cc(NC(=O)Nc3cc(Cl)ccc3OC)ccc21. The number of aryl methyl sites for hydroxylation is 1. The first-order valence-electron chi connectivity index (χ1n) is 8.16. The molecule has 8 heteroatoms. The lowest BCUT2D eigenvalue weighted by Gasteiger charge is -2.11. The largest absolute Gasteiger partial charge is 0.495 e. The van der Waals surface area contributed by atoms with Gasteiger partial charge >= 0.3 is 6.03 Å². The summed E-state index contributed by atoms with van der Waals surface area (Å²) in [4.78, 5) is 24.4. The third-order valence-corrected chi connectivity index (χ3v) is 4.12. The van der Waals surface area contributed by atoms with Crippen molar-refractivity contribution in [3.8, 4) is 5.75 Å². The van der Waals surface area contributed by atoms with Crippen LogP contribution in [0.4, 0.5) is 16.2 Å². The van der Waals surface area contributed by atoms with Gasteiger partial charge in [-0.3, -0.25) is 14.6 Å². The van der Waals surface area contributed by atoms with E-state index >= 15 is 0 Å². The molecule has 0 saturated heterocycles. The number of halogens is 1. The summed E-state index contributed by atoms with van der Waals surface area (Å²) in [5.41, 5.74) is 1.58. The van der Waals surface area contributed by atoms with Crippen molar-refractivity contribution in [2.75, 3.05) is 17.7 Å². The Labute approximate surface area is 154 Å². The third-order valence-electron chi connectivity index (χ3n) is 3.88. The summed E-state index contributed by atoms with van der Waals surface area (Å²) in [6.07, 6.45) is 0.906. The van der Waals surface area contributed by atoms with Gasteiger partial charge in [0.1, 0.15) is 5.75 Å². The van der Waals surface area contributed by atoms with Crippen LogP contribution in [0.15, 0.2) is 41.2 Å². The molecule has 0 atom stereocenters. The molecule has 0 unspecified atom stereocenters. The molecule has 136 valence electrons. The van der Waals surface area contributed by atoms with Gasteiger partial charge < -0.3 is 15.4 Å². The molecule has 0 aliphatic carbocycles. The molecule has 0 radical (unpaired) electrons. The first kappa shape index (κ1) is 17.9. The van der Waals surface area contributed by atoms with Crippen molar-refractivity contribution in [3.05, 3.63) is 51.8 Å². The normalized spacial score (nSPS) is 10.7. The van der Waals surface area contributed by atoms with Crippen molar-refractivity contribution in [1.82, 2.24) is 9.78 Å². The summed E-state index contributed by atoms with van der Waals surface area (Å²) in [6.45, 7) is 2.76. The maximum Gasteiger partial charge on any atom is 0.323 e. The second-order valence-electron chi connectivity index (χ2n) is 5.75. The van der Waals surface area contributed by atoms with Gasteiger partial charge in [0.25, 0.3) is 5.56 Å². The summed E-state index contributed by atoms with van der Waals surface area (Å²) in [6, 6.07) is 9.67. The number of benzene rings is 2. The summed E-state index contributed by atoms with van der Waals surface area (Å²) in [5, 5.41) is 9.20. The minimum Gasteiger partial charge on any atom is -0.495 e. The number of ether oxygens (including phenoxy) is 1. The summed E-state index contributed by atoms with van der Waals surface area (Å²) >= 11 is 5.96. The van der Waals surface area contributed by atoms with E-state index in [0.29, 0.717) is 27.5 Å². The number of hydrogen-bond donors (Lipinski definition) is 3. The fraction of sp³-hybridized carbons (Fsp3) is 0.222. The van der Waals surface area contributed by atoms with Crippen LogP contribution in [0.5, 0.6) is 5.75 Å². The highest BCUT2D eigenvalue weighted by Crippen LogP contribution is 2.28. The highest BCUT2D eigenvalue weighted by Gasteiger charge is 2.11. The smallest absolute Gasteiger partial charge is 0.323 e. The molecule has 2 amide bonds. The summed E-state index contributed by atoms with van der Waals surface area (Å²) in [7, 11) is 1.51. The minimum absolute atomic E-state index is 0.186. The quantitative estimate of drug-likeness (QED) is 0.629. The van der Waals surface area contributed by atoms with E-state index in [1.807, 2.05) is 6.92 Å². The van der Waals surface area contributed by atoms with Gasteiger partial charge in [-0.25, -0.2) is 4.79 Å². The maximum absolute atomic E-state index is 12.3. The van der Waals surface area contributed by atoms with Crippen molar-refractivity contribution in [2.24, 2.45) is 0 Å². The number of H-pyrrole nitrogens is 1. The fourth-order valence-corrected chi connectivity index (χ4v) is 2.91. The Bertz CT molecular complexity index is 1010. The lowest BCUT2D eigenvalue weighted by molar-refractivity contribution is 0.262. The van der Waals surface area contributed by atoms with E-state index in [2.05, 4.69) is 15.7 Å². The van der Waals surface area contributed by atoms with Crippen LogP contribution in [-0.4, -0.2) is 22.9 Å². The molecule has 2 aromatic carbocycles. The van der Waals surface area contributed by atoms with Crippen LogP contribution in [0.1, 0.15) is 13.3 Å². The maximum atomic E-state index is 12.3. The Balaban J connectivity index is 1.80. The van der Waals surface area contributed by atoms with Gasteiger partial charge in [0.05, 0.1) is 23.7 Å². The number of carbonyl (C=O) groups excluding carboxylic acids is 1. The van der Waals surface area contributed by atoms with Crippen LogP contribution in [0, 0.1) is 0 Å². The van der Waals surface area contributed by atoms with E-state index in [-0.39, 0.29) is 5.56 Å². The minimum atomic E-state index is -0.464. The van der Waals surface area contributed by atoms with Crippen LogP contribution in [0.25, 0.3) is 10.9 Å². The van der Waals surface area contributed by atoms with E-state index in [0.717, 1.165) is 18.5 Å². The zero-order valence-corrected chi connectivity index (χ0v) is 15.2. The van der Waals surface area contributed by atoms with Crippen LogP contribution >= 0.6 is 11.6 Å². The average Bonchev–Trinajstić information content (AvgIpc) is 2.91. The first-order valence-corrected chi connectivity index (χ1v) is 8.53. The first-order chi connectivity index (χ1) is 12.5. The second-order valence-corrected chi connectivity index (χ2v) is 6.18. The van der Waals surface area contributed by atoms with Crippen molar-refractivity contribution in [1.29, 1.82) is 0 Å². The standard InChI is InChI=1S/C18H19ClN4O3/c1-3-8-23-15-6-5-12(10-13(15)17(24)22-23)20-18(25)21-14-9-11(19)4-7-16(14)26-2/h4-7,9-10H,3,8H2,1-2H3,(H,22,24)(H2,20,21,25). The molecular weight excluding hydrogens is 356 g/mol. The molecule has 0 aliphatic rings. The summed E-state index contributed by atoms with van der Waals surface area (Å²) in [5.74, 6) is 0.494. The molecule has 7 nitrogen and oxygen atoms in total. The molecule has 0 aliphatic heterocycles. The number of rotatable bonds is 5. The Morgan fingerprint density at radius 1 is 1.23 bits per heavy atom. The second kappa shape index (κ2) is 7.53. The van der Waals surface area contributed by atoms with E-state index in [4.69, 9.17) is 16.3 Å².